The van der Waals surface area contributed by atoms with E-state index in [4.69, 9.17) is 9.85 Å². The Balaban J connectivity index is 2.97. The fourth-order valence-corrected chi connectivity index (χ4v) is 0.652. The van der Waals surface area contributed by atoms with Gasteiger partial charge in [0.15, 0.2) is 0 Å². The van der Waals surface area contributed by atoms with E-state index < -0.39 is 17.6 Å². The third kappa shape index (κ3) is 1.42. The lowest BCUT2D eigenvalue weighted by molar-refractivity contribution is -0.384. The fraction of sp³-hybridized carbons (Fsp3) is 0.167. The van der Waals surface area contributed by atoms with Gasteiger partial charge in [-0.05, 0) is 0 Å². The van der Waals surface area contributed by atoms with E-state index in [9.17, 15) is 10.1 Å². The van der Waals surface area contributed by atoms with Gasteiger partial charge in [-0.1, -0.05) is 0 Å². The molecule has 0 aliphatic carbocycles. The van der Waals surface area contributed by atoms with Crippen LogP contribution in [0.15, 0.2) is 12.3 Å². The number of anilines is 1. The van der Waals surface area contributed by atoms with Crippen molar-refractivity contribution in [2.75, 3.05) is 12.8 Å². The van der Waals surface area contributed by atoms with E-state index in [1.54, 1.807) is 0 Å². The number of rotatable bonds is 2. The van der Waals surface area contributed by atoms with Crippen molar-refractivity contribution >= 4 is 11.4 Å². The monoisotopic (exact) mass is 172 g/mol. The Morgan fingerprint density at radius 3 is 3.17 bits per heavy atom. The van der Waals surface area contributed by atoms with Crippen LogP contribution in [0.3, 0.4) is 0 Å². The van der Waals surface area contributed by atoms with E-state index in [1.807, 2.05) is 0 Å². The molecule has 12 heavy (non-hydrogen) atoms. The van der Waals surface area contributed by atoms with Crippen LogP contribution in [0.1, 0.15) is 4.11 Å². The van der Waals surface area contributed by atoms with Crippen LogP contribution >= 0.6 is 0 Å². The Morgan fingerprint density at radius 2 is 2.67 bits per heavy atom. The first-order valence-corrected chi connectivity index (χ1v) is 2.88. The van der Waals surface area contributed by atoms with Crippen LogP contribution in [0.2, 0.25) is 0 Å². The van der Waals surface area contributed by atoms with E-state index in [-0.39, 0.29) is 11.6 Å². The molecule has 6 heteroatoms. The Hall–Kier alpha value is -1.85. The molecular formula is C6H7N3O3. The zero-order valence-electron chi connectivity index (χ0n) is 8.85. The van der Waals surface area contributed by atoms with Gasteiger partial charge >= 0.3 is 5.69 Å². The quantitative estimate of drug-likeness (QED) is 0.520. The van der Waals surface area contributed by atoms with Crippen LogP contribution in [0.4, 0.5) is 11.4 Å². The van der Waals surface area contributed by atoms with Crippen molar-refractivity contribution < 1.29 is 13.8 Å². The topological polar surface area (TPSA) is 91.3 Å². The van der Waals surface area contributed by atoms with Gasteiger partial charge in [0.25, 0.3) is 0 Å². The van der Waals surface area contributed by atoms with Gasteiger partial charge in [0.05, 0.1) is 16.1 Å². The molecule has 1 aromatic heterocycles. The standard InChI is InChI=1S/C6H7N3O3/c1-12-6-2-4(7)5(3-8-6)9(10)11/h2-3H,1H3,(H2,7,8)/i1D3. The summed E-state index contributed by atoms with van der Waals surface area (Å²) in [4.78, 5) is 13.1. The summed E-state index contributed by atoms with van der Waals surface area (Å²) in [5, 5.41) is 10.4. The molecule has 0 fully saturated rings. The molecule has 64 valence electrons. The highest BCUT2D eigenvalue weighted by Crippen LogP contribution is 2.22. The maximum absolute atomic E-state index is 10.4. The van der Waals surface area contributed by atoms with Gasteiger partial charge in [0.2, 0.25) is 5.88 Å². The molecule has 0 aromatic carbocycles. The number of nitro groups is 1. The van der Waals surface area contributed by atoms with Crippen molar-refractivity contribution in [3.63, 3.8) is 0 Å². The molecule has 1 aromatic rings. The minimum Gasteiger partial charge on any atom is -0.481 e. The average molecular weight is 172 g/mol. The van der Waals surface area contributed by atoms with E-state index in [2.05, 4.69) is 9.72 Å². The summed E-state index contributed by atoms with van der Waals surface area (Å²) < 4.78 is 24.7. The van der Waals surface area contributed by atoms with Crippen molar-refractivity contribution in [1.29, 1.82) is 0 Å². The van der Waals surface area contributed by atoms with E-state index >= 15 is 0 Å². The highest BCUT2D eigenvalue weighted by atomic mass is 16.6. The number of nitrogen functional groups attached to an aromatic ring is 1. The van der Waals surface area contributed by atoms with E-state index in [0.29, 0.717) is 0 Å². The minimum atomic E-state index is -2.66. The molecule has 6 nitrogen and oxygen atoms in total. The van der Waals surface area contributed by atoms with Gasteiger partial charge in [-0.25, -0.2) is 4.98 Å². The number of hydrogen-bond acceptors (Lipinski definition) is 5. The highest BCUT2D eigenvalue weighted by Gasteiger charge is 2.11. The molecule has 0 aliphatic rings. The third-order valence-electron chi connectivity index (χ3n) is 1.19. The van der Waals surface area contributed by atoms with Gasteiger partial charge in [0.1, 0.15) is 11.9 Å². The number of methoxy groups -OCH3 is 1. The van der Waals surface area contributed by atoms with Crippen LogP contribution in [0.25, 0.3) is 0 Å². The van der Waals surface area contributed by atoms with Gasteiger partial charge in [-0.15, -0.1) is 0 Å². The van der Waals surface area contributed by atoms with Gasteiger partial charge in [-0.2, -0.15) is 0 Å². The second-order valence-electron chi connectivity index (χ2n) is 1.94. The van der Waals surface area contributed by atoms with Crippen LogP contribution in [-0.2, 0) is 0 Å². The molecule has 0 amide bonds. The first-order chi connectivity index (χ1) is 6.79. The summed E-state index contributed by atoms with van der Waals surface area (Å²) in [5.41, 5.74) is 4.70. The molecule has 0 radical (unpaired) electrons. The summed E-state index contributed by atoms with van der Waals surface area (Å²) in [6.45, 7) is 0. The normalized spacial score (nSPS) is 14.2. The predicted octanol–water partition coefficient (Wildman–Crippen LogP) is 0.581. The summed E-state index contributed by atoms with van der Waals surface area (Å²) in [6, 6.07) is 0.991. The Bertz CT molecular complexity index is 393. The summed E-state index contributed by atoms with van der Waals surface area (Å²) >= 11 is 0. The van der Waals surface area contributed by atoms with Crippen LogP contribution in [-0.4, -0.2) is 16.9 Å². The zero-order valence-corrected chi connectivity index (χ0v) is 5.85. The minimum absolute atomic E-state index is 0.200. The SMILES string of the molecule is [2H]C([2H])([2H])Oc1cc(N)c([N+](=O)[O-])cn1. The first-order valence-electron chi connectivity index (χ1n) is 4.38. The van der Waals surface area contributed by atoms with E-state index in [1.165, 1.54) is 0 Å². The largest absolute Gasteiger partial charge is 0.481 e. The maximum Gasteiger partial charge on any atom is 0.310 e. The first kappa shape index (κ1) is 4.91. The maximum atomic E-state index is 10.4. The summed E-state index contributed by atoms with van der Waals surface area (Å²) in [5.74, 6) is -0.280. The zero-order chi connectivity index (χ0) is 11.6. The fourth-order valence-electron chi connectivity index (χ4n) is 0.652. The lowest BCUT2D eigenvalue weighted by Crippen LogP contribution is -1.97. The Morgan fingerprint density at radius 1 is 1.92 bits per heavy atom. The number of nitrogens with zero attached hydrogens (tertiary/aromatic N) is 2. The number of nitrogens with two attached hydrogens (primary N) is 1. The lowest BCUT2D eigenvalue weighted by Gasteiger charge is -1.99. The average Bonchev–Trinajstić information content (AvgIpc) is 1.99. The lowest BCUT2D eigenvalue weighted by atomic mass is 10.3. The molecule has 0 aliphatic heterocycles. The number of pyridine rings is 1. The van der Waals surface area contributed by atoms with Gasteiger partial charge in [-0.3, -0.25) is 10.1 Å². The molecular weight excluding hydrogens is 162 g/mol. The van der Waals surface area contributed by atoms with Crippen LogP contribution < -0.4 is 10.5 Å². The van der Waals surface area contributed by atoms with Crippen LogP contribution in [0.5, 0.6) is 5.88 Å². The summed E-state index contributed by atoms with van der Waals surface area (Å²) in [7, 11) is -2.66. The van der Waals surface area contributed by atoms with Gasteiger partial charge in [0, 0.05) is 6.07 Å². The van der Waals surface area contributed by atoms with Crippen molar-refractivity contribution in [3.05, 3.63) is 22.4 Å². The molecule has 0 atom stereocenters. The molecule has 2 N–H and O–H groups in total. The number of ether oxygens (including phenoxy) is 1. The van der Waals surface area contributed by atoms with Crippen molar-refractivity contribution in [2.45, 2.75) is 0 Å². The molecule has 0 saturated heterocycles. The number of aromatic nitrogens is 1. The Labute approximate surface area is 72.3 Å². The Kier molecular flexibility index (Phi) is 1.24. The second-order valence-corrected chi connectivity index (χ2v) is 1.94. The van der Waals surface area contributed by atoms with Crippen molar-refractivity contribution in [3.8, 4) is 5.88 Å². The smallest absolute Gasteiger partial charge is 0.310 e. The summed E-state index contributed by atoms with van der Waals surface area (Å²) in [6.07, 6.45) is 0.844. The molecule has 0 bridgehead atoms. The highest BCUT2D eigenvalue weighted by molar-refractivity contribution is 5.57. The third-order valence-corrected chi connectivity index (χ3v) is 1.19. The molecule has 0 spiro atoms. The van der Waals surface area contributed by atoms with E-state index in [0.717, 1.165) is 12.3 Å². The predicted molar refractivity (Wildman–Crippen MR) is 41.9 cm³/mol. The van der Waals surface area contributed by atoms with Gasteiger partial charge < -0.3 is 10.5 Å². The number of hydrogen-bond donors (Lipinski definition) is 1. The van der Waals surface area contributed by atoms with Crippen molar-refractivity contribution in [2.24, 2.45) is 0 Å². The van der Waals surface area contributed by atoms with Crippen LogP contribution in [0, 0.1) is 10.1 Å². The molecule has 0 unspecified atom stereocenters. The molecule has 0 saturated carbocycles. The molecule has 1 heterocycles. The molecule has 1 rings (SSSR count). The second kappa shape index (κ2) is 3.04. The van der Waals surface area contributed by atoms with Crippen molar-refractivity contribution in [1.82, 2.24) is 4.98 Å².